The standard InChI is InChI=1S/C9H16N2/c10-9(8-4-5-8)11-6-7-2-1-3-7/h7-8H,1-6H2,(H2,10,11). The first-order valence-electron chi connectivity index (χ1n) is 4.66. The molecule has 0 aromatic carbocycles. The maximum Gasteiger partial charge on any atom is 0.0968 e. The Morgan fingerprint density at radius 2 is 2.00 bits per heavy atom. The second kappa shape index (κ2) is 2.84. The molecule has 0 radical (unpaired) electrons. The van der Waals surface area contributed by atoms with E-state index in [1.165, 1.54) is 32.1 Å². The highest BCUT2D eigenvalue weighted by molar-refractivity contribution is 5.84. The lowest BCUT2D eigenvalue weighted by Gasteiger charge is -2.23. The number of amidine groups is 1. The molecule has 0 unspecified atom stereocenters. The van der Waals surface area contributed by atoms with Crippen LogP contribution in [0.3, 0.4) is 0 Å². The fourth-order valence-corrected chi connectivity index (χ4v) is 1.42. The Morgan fingerprint density at radius 3 is 2.45 bits per heavy atom. The molecule has 0 aromatic rings. The van der Waals surface area contributed by atoms with Gasteiger partial charge in [-0.2, -0.15) is 0 Å². The van der Waals surface area contributed by atoms with E-state index in [2.05, 4.69) is 4.99 Å². The van der Waals surface area contributed by atoms with Crippen molar-refractivity contribution in [1.82, 2.24) is 0 Å². The predicted molar refractivity (Wildman–Crippen MR) is 46.6 cm³/mol. The van der Waals surface area contributed by atoms with Crippen molar-refractivity contribution in [3.05, 3.63) is 0 Å². The Balaban J connectivity index is 1.73. The van der Waals surface area contributed by atoms with E-state index in [1.807, 2.05) is 0 Å². The summed E-state index contributed by atoms with van der Waals surface area (Å²) in [5, 5.41) is 0. The van der Waals surface area contributed by atoms with Crippen LogP contribution in [0.4, 0.5) is 0 Å². The minimum atomic E-state index is 0.662. The fraction of sp³-hybridized carbons (Fsp3) is 0.889. The van der Waals surface area contributed by atoms with Crippen LogP contribution in [0, 0.1) is 11.8 Å². The van der Waals surface area contributed by atoms with E-state index in [-0.39, 0.29) is 0 Å². The molecule has 0 aromatic heterocycles. The summed E-state index contributed by atoms with van der Waals surface area (Å²) >= 11 is 0. The van der Waals surface area contributed by atoms with Gasteiger partial charge in [0.1, 0.15) is 0 Å². The minimum absolute atomic E-state index is 0.662. The largest absolute Gasteiger partial charge is 0.387 e. The van der Waals surface area contributed by atoms with E-state index in [0.29, 0.717) is 5.92 Å². The quantitative estimate of drug-likeness (QED) is 0.483. The van der Waals surface area contributed by atoms with Gasteiger partial charge in [0.05, 0.1) is 5.84 Å². The number of aliphatic imine (C=N–C) groups is 1. The molecule has 0 amide bonds. The number of nitrogens with two attached hydrogens (primary N) is 1. The van der Waals surface area contributed by atoms with Crippen LogP contribution < -0.4 is 5.73 Å². The Bertz CT molecular complexity index is 166. The van der Waals surface area contributed by atoms with Crippen molar-refractivity contribution < 1.29 is 0 Å². The third-order valence-corrected chi connectivity index (χ3v) is 2.75. The van der Waals surface area contributed by atoms with E-state index >= 15 is 0 Å². The zero-order valence-electron chi connectivity index (χ0n) is 6.92. The van der Waals surface area contributed by atoms with Gasteiger partial charge in [0, 0.05) is 12.5 Å². The zero-order chi connectivity index (χ0) is 7.68. The molecule has 2 nitrogen and oxygen atoms in total. The number of hydrogen-bond donors (Lipinski definition) is 1. The Hall–Kier alpha value is -0.530. The van der Waals surface area contributed by atoms with Crippen molar-refractivity contribution >= 4 is 5.84 Å². The van der Waals surface area contributed by atoms with Crippen LogP contribution in [0.1, 0.15) is 32.1 Å². The van der Waals surface area contributed by atoms with Crippen molar-refractivity contribution in [3.63, 3.8) is 0 Å². The SMILES string of the molecule is NC(=NCC1CCC1)C1CC1. The molecule has 2 N–H and O–H groups in total. The van der Waals surface area contributed by atoms with Gasteiger partial charge >= 0.3 is 0 Å². The van der Waals surface area contributed by atoms with E-state index in [0.717, 1.165) is 18.3 Å². The van der Waals surface area contributed by atoms with Gasteiger partial charge in [0.25, 0.3) is 0 Å². The van der Waals surface area contributed by atoms with Crippen LogP contribution in [0.2, 0.25) is 0 Å². The van der Waals surface area contributed by atoms with Gasteiger partial charge in [-0.25, -0.2) is 0 Å². The summed E-state index contributed by atoms with van der Waals surface area (Å²) in [6.45, 7) is 1.00. The summed E-state index contributed by atoms with van der Waals surface area (Å²) in [5.41, 5.74) is 5.76. The molecule has 2 rings (SSSR count). The van der Waals surface area contributed by atoms with Crippen LogP contribution in [0.5, 0.6) is 0 Å². The third-order valence-electron chi connectivity index (χ3n) is 2.75. The second-order valence-electron chi connectivity index (χ2n) is 3.84. The van der Waals surface area contributed by atoms with Gasteiger partial charge in [0.15, 0.2) is 0 Å². The number of rotatable bonds is 3. The molecule has 2 aliphatic rings. The van der Waals surface area contributed by atoms with E-state index < -0.39 is 0 Å². The van der Waals surface area contributed by atoms with Crippen molar-refractivity contribution in [2.75, 3.05) is 6.54 Å². The summed E-state index contributed by atoms with van der Waals surface area (Å²) in [6.07, 6.45) is 6.71. The Kier molecular flexibility index (Phi) is 1.84. The molecule has 2 saturated carbocycles. The highest BCUT2D eigenvalue weighted by Crippen LogP contribution is 2.30. The van der Waals surface area contributed by atoms with Gasteiger partial charge in [0.2, 0.25) is 0 Å². The predicted octanol–water partition coefficient (Wildman–Crippen LogP) is 1.55. The maximum atomic E-state index is 5.76. The first kappa shape index (κ1) is 7.14. The molecule has 2 fully saturated rings. The third kappa shape index (κ3) is 1.73. The molecule has 0 aliphatic heterocycles. The number of hydrogen-bond acceptors (Lipinski definition) is 1. The highest BCUT2D eigenvalue weighted by atomic mass is 14.9. The average molecular weight is 152 g/mol. The minimum Gasteiger partial charge on any atom is -0.387 e. The summed E-state index contributed by atoms with van der Waals surface area (Å²) in [4.78, 5) is 4.40. The molecule has 62 valence electrons. The summed E-state index contributed by atoms with van der Waals surface area (Å²) in [6, 6.07) is 0. The molecule has 0 spiro atoms. The van der Waals surface area contributed by atoms with Gasteiger partial charge in [-0.15, -0.1) is 0 Å². The van der Waals surface area contributed by atoms with E-state index in [1.54, 1.807) is 0 Å². The molecular weight excluding hydrogens is 136 g/mol. The van der Waals surface area contributed by atoms with Crippen LogP contribution >= 0.6 is 0 Å². The van der Waals surface area contributed by atoms with E-state index in [4.69, 9.17) is 5.73 Å². The van der Waals surface area contributed by atoms with Gasteiger partial charge < -0.3 is 5.73 Å². The second-order valence-corrected chi connectivity index (χ2v) is 3.84. The van der Waals surface area contributed by atoms with Crippen molar-refractivity contribution in [2.45, 2.75) is 32.1 Å². The first-order valence-corrected chi connectivity index (χ1v) is 4.66. The van der Waals surface area contributed by atoms with Crippen LogP contribution in [-0.2, 0) is 0 Å². The summed E-state index contributed by atoms with van der Waals surface area (Å²) in [7, 11) is 0. The lowest BCUT2D eigenvalue weighted by Crippen LogP contribution is -2.19. The van der Waals surface area contributed by atoms with Crippen molar-refractivity contribution in [1.29, 1.82) is 0 Å². The average Bonchev–Trinajstić information content (AvgIpc) is 2.64. The van der Waals surface area contributed by atoms with Gasteiger partial charge in [-0.3, -0.25) is 4.99 Å². The zero-order valence-corrected chi connectivity index (χ0v) is 6.92. The van der Waals surface area contributed by atoms with E-state index in [9.17, 15) is 0 Å². The lowest BCUT2D eigenvalue weighted by molar-refractivity contribution is 0.326. The Morgan fingerprint density at radius 1 is 1.27 bits per heavy atom. The molecule has 2 heteroatoms. The summed E-state index contributed by atoms with van der Waals surface area (Å²) < 4.78 is 0. The smallest absolute Gasteiger partial charge is 0.0968 e. The first-order chi connectivity index (χ1) is 5.36. The van der Waals surface area contributed by atoms with Crippen LogP contribution in [0.25, 0.3) is 0 Å². The molecule has 11 heavy (non-hydrogen) atoms. The Labute approximate surface area is 67.9 Å². The van der Waals surface area contributed by atoms with Crippen molar-refractivity contribution in [2.24, 2.45) is 22.6 Å². The topological polar surface area (TPSA) is 38.4 Å². The monoisotopic (exact) mass is 152 g/mol. The van der Waals surface area contributed by atoms with Crippen LogP contribution in [0.15, 0.2) is 4.99 Å². The molecule has 0 atom stereocenters. The molecule has 0 bridgehead atoms. The molecular formula is C9H16N2. The lowest BCUT2D eigenvalue weighted by atomic mass is 9.86. The fourth-order valence-electron chi connectivity index (χ4n) is 1.42. The molecule has 2 aliphatic carbocycles. The van der Waals surface area contributed by atoms with Crippen LogP contribution in [-0.4, -0.2) is 12.4 Å². The van der Waals surface area contributed by atoms with Crippen molar-refractivity contribution in [3.8, 4) is 0 Å². The highest BCUT2D eigenvalue weighted by Gasteiger charge is 2.25. The van der Waals surface area contributed by atoms with Gasteiger partial charge in [-0.05, 0) is 31.6 Å². The maximum absolute atomic E-state index is 5.76. The normalized spacial score (nSPS) is 26.7. The number of nitrogens with zero attached hydrogens (tertiary/aromatic N) is 1. The summed E-state index contributed by atoms with van der Waals surface area (Å²) in [5.74, 6) is 2.46. The molecule has 0 heterocycles. The molecule has 0 saturated heterocycles. The van der Waals surface area contributed by atoms with Gasteiger partial charge in [-0.1, -0.05) is 6.42 Å².